The zero-order valence-electron chi connectivity index (χ0n) is 8.85. The number of aromatic nitrogens is 2. The van der Waals surface area contributed by atoms with Gasteiger partial charge in [0, 0.05) is 18.7 Å². The second kappa shape index (κ2) is 4.26. The Morgan fingerprint density at radius 1 is 1.25 bits per heavy atom. The molecule has 2 rings (SSSR count). The quantitative estimate of drug-likeness (QED) is 0.772. The number of benzene rings is 1. The van der Waals surface area contributed by atoms with Crippen molar-refractivity contribution in [1.29, 1.82) is 0 Å². The zero-order valence-corrected chi connectivity index (χ0v) is 8.85. The summed E-state index contributed by atoms with van der Waals surface area (Å²) >= 11 is 0. The Labute approximate surface area is 92.2 Å². The van der Waals surface area contributed by atoms with Gasteiger partial charge in [-0.15, -0.1) is 0 Å². The normalized spacial score (nSPS) is 10.4. The van der Waals surface area contributed by atoms with E-state index in [0.717, 1.165) is 0 Å². The van der Waals surface area contributed by atoms with E-state index in [1.165, 1.54) is 29.0 Å². The molecule has 1 heterocycles. The lowest BCUT2D eigenvalue weighted by molar-refractivity contribution is 0.627. The van der Waals surface area contributed by atoms with Crippen molar-refractivity contribution in [3.63, 3.8) is 0 Å². The molecular weight excluding hydrogens is 207 g/mol. The molecule has 0 unspecified atom stereocenters. The first-order valence-corrected chi connectivity index (χ1v) is 5.05. The number of hydrogen-bond acceptors (Lipinski definition) is 2. The maximum absolute atomic E-state index is 12.8. The molecule has 0 amide bonds. The zero-order chi connectivity index (χ0) is 11.5. The van der Waals surface area contributed by atoms with Crippen molar-refractivity contribution >= 4 is 0 Å². The number of nitrogens with zero attached hydrogens (tertiary/aromatic N) is 2. The molecule has 0 bridgehead atoms. The van der Waals surface area contributed by atoms with Crippen LogP contribution in [0.2, 0.25) is 0 Å². The summed E-state index contributed by atoms with van der Waals surface area (Å²) in [5, 5.41) is 0. The fourth-order valence-corrected chi connectivity index (χ4v) is 1.56. The van der Waals surface area contributed by atoms with E-state index in [9.17, 15) is 9.18 Å². The molecule has 82 valence electrons. The third-order valence-corrected chi connectivity index (χ3v) is 2.32. The standard InChI is InChI=1S/C12H11FN2O/c1-2-11-14-8-7-12(16)15(11)10-5-3-9(13)4-6-10/h3-8H,2H2,1H3. The van der Waals surface area contributed by atoms with Crippen LogP contribution in [0.25, 0.3) is 5.69 Å². The number of rotatable bonds is 2. The van der Waals surface area contributed by atoms with Gasteiger partial charge in [-0.1, -0.05) is 6.92 Å². The molecule has 2 aromatic rings. The van der Waals surface area contributed by atoms with Crippen molar-refractivity contribution < 1.29 is 4.39 Å². The van der Waals surface area contributed by atoms with Crippen molar-refractivity contribution in [2.75, 3.05) is 0 Å². The van der Waals surface area contributed by atoms with Crippen molar-refractivity contribution in [2.24, 2.45) is 0 Å². The first kappa shape index (κ1) is 10.5. The third kappa shape index (κ3) is 1.86. The molecule has 0 aliphatic rings. The number of aryl methyl sites for hydroxylation is 1. The monoisotopic (exact) mass is 218 g/mol. The van der Waals surface area contributed by atoms with Gasteiger partial charge in [-0.05, 0) is 24.3 Å². The first-order chi connectivity index (χ1) is 7.72. The summed E-state index contributed by atoms with van der Waals surface area (Å²) in [5.74, 6) is 0.345. The van der Waals surface area contributed by atoms with Crippen LogP contribution in [0.1, 0.15) is 12.7 Å². The lowest BCUT2D eigenvalue weighted by Gasteiger charge is -2.09. The van der Waals surface area contributed by atoms with Crippen molar-refractivity contribution in [2.45, 2.75) is 13.3 Å². The fraction of sp³-hybridized carbons (Fsp3) is 0.167. The SMILES string of the molecule is CCc1nccc(=O)n1-c1ccc(F)cc1. The van der Waals surface area contributed by atoms with E-state index in [-0.39, 0.29) is 11.4 Å². The topological polar surface area (TPSA) is 34.9 Å². The largest absolute Gasteiger partial charge is 0.269 e. The summed E-state index contributed by atoms with van der Waals surface area (Å²) in [7, 11) is 0. The molecule has 0 N–H and O–H groups in total. The van der Waals surface area contributed by atoms with Crippen LogP contribution in [0, 0.1) is 5.82 Å². The highest BCUT2D eigenvalue weighted by Crippen LogP contribution is 2.08. The van der Waals surface area contributed by atoms with E-state index in [4.69, 9.17) is 0 Å². The van der Waals surface area contributed by atoms with Crippen LogP contribution in [0.5, 0.6) is 0 Å². The Morgan fingerprint density at radius 3 is 2.56 bits per heavy atom. The maximum atomic E-state index is 12.8. The lowest BCUT2D eigenvalue weighted by Crippen LogP contribution is -2.21. The van der Waals surface area contributed by atoms with Crippen LogP contribution in [-0.4, -0.2) is 9.55 Å². The highest BCUT2D eigenvalue weighted by atomic mass is 19.1. The predicted molar refractivity (Wildman–Crippen MR) is 59.2 cm³/mol. The molecule has 3 nitrogen and oxygen atoms in total. The van der Waals surface area contributed by atoms with Gasteiger partial charge in [0.05, 0.1) is 5.69 Å². The molecule has 0 radical (unpaired) electrons. The van der Waals surface area contributed by atoms with Crippen molar-refractivity contribution in [3.8, 4) is 5.69 Å². The van der Waals surface area contributed by atoms with E-state index in [0.29, 0.717) is 17.9 Å². The van der Waals surface area contributed by atoms with Gasteiger partial charge in [-0.25, -0.2) is 9.37 Å². The Hall–Kier alpha value is -1.97. The van der Waals surface area contributed by atoms with Crippen LogP contribution in [0.4, 0.5) is 4.39 Å². The molecule has 0 saturated heterocycles. The van der Waals surface area contributed by atoms with Crippen LogP contribution in [-0.2, 0) is 6.42 Å². The lowest BCUT2D eigenvalue weighted by atomic mass is 10.3. The van der Waals surface area contributed by atoms with Crippen LogP contribution >= 0.6 is 0 Å². The Kier molecular flexibility index (Phi) is 2.81. The second-order valence-electron chi connectivity index (χ2n) is 3.36. The average Bonchev–Trinajstić information content (AvgIpc) is 2.30. The fourth-order valence-electron chi connectivity index (χ4n) is 1.56. The van der Waals surface area contributed by atoms with Crippen LogP contribution < -0.4 is 5.56 Å². The summed E-state index contributed by atoms with van der Waals surface area (Å²) < 4.78 is 14.3. The van der Waals surface area contributed by atoms with Crippen LogP contribution in [0.15, 0.2) is 41.3 Å². The third-order valence-electron chi connectivity index (χ3n) is 2.32. The summed E-state index contributed by atoms with van der Waals surface area (Å²) in [6.45, 7) is 1.92. The van der Waals surface area contributed by atoms with Gasteiger partial charge in [0.1, 0.15) is 11.6 Å². The smallest absolute Gasteiger partial charge is 0.258 e. The molecular formula is C12H11FN2O. The minimum atomic E-state index is -0.321. The van der Waals surface area contributed by atoms with Gasteiger partial charge in [-0.2, -0.15) is 0 Å². The van der Waals surface area contributed by atoms with Gasteiger partial charge in [0.15, 0.2) is 0 Å². The van der Waals surface area contributed by atoms with Crippen LogP contribution in [0.3, 0.4) is 0 Å². The second-order valence-corrected chi connectivity index (χ2v) is 3.36. The van der Waals surface area contributed by atoms with E-state index < -0.39 is 0 Å². The molecule has 0 saturated carbocycles. The molecule has 0 aliphatic heterocycles. The van der Waals surface area contributed by atoms with Gasteiger partial charge < -0.3 is 0 Å². The Morgan fingerprint density at radius 2 is 1.94 bits per heavy atom. The van der Waals surface area contributed by atoms with E-state index >= 15 is 0 Å². The van der Waals surface area contributed by atoms with Gasteiger partial charge >= 0.3 is 0 Å². The van der Waals surface area contributed by atoms with E-state index in [2.05, 4.69) is 4.98 Å². The Balaban J connectivity index is 2.63. The summed E-state index contributed by atoms with van der Waals surface area (Å²) in [6, 6.07) is 7.18. The highest BCUT2D eigenvalue weighted by Gasteiger charge is 2.05. The average molecular weight is 218 g/mol. The molecule has 0 spiro atoms. The van der Waals surface area contributed by atoms with Crippen molar-refractivity contribution in [1.82, 2.24) is 9.55 Å². The van der Waals surface area contributed by atoms with E-state index in [1.807, 2.05) is 6.92 Å². The molecule has 1 aromatic carbocycles. The summed E-state index contributed by atoms with van der Waals surface area (Å²) in [6.07, 6.45) is 2.13. The minimum Gasteiger partial charge on any atom is -0.269 e. The van der Waals surface area contributed by atoms with Gasteiger partial charge in [0.2, 0.25) is 0 Å². The van der Waals surface area contributed by atoms with Gasteiger partial charge in [-0.3, -0.25) is 9.36 Å². The summed E-state index contributed by atoms with van der Waals surface area (Å²) in [5.41, 5.74) is 0.481. The highest BCUT2D eigenvalue weighted by molar-refractivity contribution is 5.33. The first-order valence-electron chi connectivity index (χ1n) is 5.05. The molecule has 0 fully saturated rings. The summed E-state index contributed by atoms with van der Waals surface area (Å²) in [4.78, 5) is 15.8. The van der Waals surface area contributed by atoms with Gasteiger partial charge in [0.25, 0.3) is 5.56 Å². The molecule has 0 aliphatic carbocycles. The molecule has 0 atom stereocenters. The molecule has 4 heteroatoms. The molecule has 1 aromatic heterocycles. The molecule has 16 heavy (non-hydrogen) atoms. The number of hydrogen-bond donors (Lipinski definition) is 0. The Bertz CT molecular complexity index is 546. The number of halogens is 1. The maximum Gasteiger partial charge on any atom is 0.258 e. The van der Waals surface area contributed by atoms with Crippen molar-refractivity contribution in [3.05, 3.63) is 58.5 Å². The van der Waals surface area contributed by atoms with E-state index in [1.54, 1.807) is 12.1 Å². The minimum absolute atomic E-state index is 0.154. The predicted octanol–water partition coefficient (Wildman–Crippen LogP) is 1.93.